The minimum Gasteiger partial charge on any atom is -0.458 e. The maximum absolute atomic E-state index is 12.5. The zero-order valence-corrected chi connectivity index (χ0v) is 14.5. The van der Waals surface area contributed by atoms with Gasteiger partial charge >= 0.3 is 11.9 Å². The fraction of sp³-hybridized carbons (Fsp3) is 0.526. The van der Waals surface area contributed by atoms with Gasteiger partial charge in [0.2, 0.25) is 5.60 Å². The lowest BCUT2D eigenvalue weighted by molar-refractivity contribution is -0.170. The van der Waals surface area contributed by atoms with E-state index in [0.717, 1.165) is 16.7 Å². The molecule has 0 bridgehead atoms. The highest BCUT2D eigenvalue weighted by Crippen LogP contribution is 2.50. The van der Waals surface area contributed by atoms with Crippen LogP contribution >= 0.6 is 0 Å². The van der Waals surface area contributed by atoms with Crippen LogP contribution < -0.4 is 0 Å². The zero-order valence-electron chi connectivity index (χ0n) is 14.5. The standard InChI is InChI=1S/C19H22O5/c1-9(2)17(21)24-19(5)12-7-6-10(3)14-13(20)8-11(4)15(14)16(12)23-18(19)22/h8,12,15-16H,1,6-7H2,2-5H3/t12-,15-,16-,19+/m1/s1. The first-order chi connectivity index (χ1) is 11.2. The zero-order chi connectivity index (χ0) is 17.8. The third-order valence-corrected chi connectivity index (χ3v) is 5.45. The Bertz CT molecular complexity index is 726. The summed E-state index contributed by atoms with van der Waals surface area (Å²) in [7, 11) is 0. The number of ether oxygens (including phenoxy) is 2. The lowest BCUT2D eigenvalue weighted by Crippen LogP contribution is -2.44. The number of carbonyl (C=O) groups is 3. The second-order valence-corrected chi connectivity index (χ2v) is 7.22. The maximum Gasteiger partial charge on any atom is 0.351 e. The van der Waals surface area contributed by atoms with Crippen LogP contribution in [0.1, 0.15) is 40.5 Å². The molecule has 1 aliphatic heterocycles. The van der Waals surface area contributed by atoms with Crippen LogP contribution in [0.15, 0.2) is 34.9 Å². The van der Waals surface area contributed by atoms with Crippen LogP contribution in [0.3, 0.4) is 0 Å². The van der Waals surface area contributed by atoms with Gasteiger partial charge in [-0.05, 0) is 46.6 Å². The first kappa shape index (κ1) is 16.7. The van der Waals surface area contributed by atoms with Crippen molar-refractivity contribution < 1.29 is 23.9 Å². The molecule has 24 heavy (non-hydrogen) atoms. The van der Waals surface area contributed by atoms with Gasteiger partial charge < -0.3 is 9.47 Å². The van der Waals surface area contributed by atoms with Crippen LogP contribution in [0.4, 0.5) is 0 Å². The molecule has 0 radical (unpaired) electrons. The number of fused-ring (bicyclic) bond motifs is 3. The fourth-order valence-electron chi connectivity index (χ4n) is 4.09. The van der Waals surface area contributed by atoms with Crippen LogP contribution in [0, 0.1) is 11.8 Å². The van der Waals surface area contributed by atoms with Crippen LogP contribution in [0.2, 0.25) is 0 Å². The summed E-state index contributed by atoms with van der Waals surface area (Å²) in [6.07, 6.45) is 2.45. The fourth-order valence-corrected chi connectivity index (χ4v) is 4.09. The number of esters is 2. The van der Waals surface area contributed by atoms with Crippen molar-refractivity contribution in [3.63, 3.8) is 0 Å². The van der Waals surface area contributed by atoms with Crippen LogP contribution in [-0.2, 0) is 23.9 Å². The van der Waals surface area contributed by atoms with Crippen LogP contribution in [0.25, 0.3) is 0 Å². The average Bonchev–Trinajstić information content (AvgIpc) is 2.83. The van der Waals surface area contributed by atoms with Crippen molar-refractivity contribution in [2.45, 2.75) is 52.2 Å². The van der Waals surface area contributed by atoms with Crippen LogP contribution in [-0.4, -0.2) is 29.4 Å². The Morgan fingerprint density at radius 3 is 2.67 bits per heavy atom. The van der Waals surface area contributed by atoms with Gasteiger partial charge in [-0.3, -0.25) is 4.79 Å². The molecule has 0 unspecified atom stereocenters. The lowest BCUT2D eigenvalue weighted by atomic mass is 9.78. The number of rotatable bonds is 2. The molecule has 128 valence electrons. The Hall–Kier alpha value is -2.17. The first-order valence-corrected chi connectivity index (χ1v) is 8.19. The van der Waals surface area contributed by atoms with E-state index in [1.807, 2.05) is 13.8 Å². The van der Waals surface area contributed by atoms with Crippen molar-refractivity contribution in [3.8, 4) is 0 Å². The van der Waals surface area contributed by atoms with E-state index in [1.165, 1.54) is 0 Å². The molecule has 0 N–H and O–H groups in total. The van der Waals surface area contributed by atoms with Gasteiger partial charge in [-0.1, -0.05) is 17.7 Å². The van der Waals surface area contributed by atoms with Gasteiger partial charge in [0.15, 0.2) is 5.78 Å². The molecule has 1 saturated heterocycles. The van der Waals surface area contributed by atoms with Crippen molar-refractivity contribution >= 4 is 17.7 Å². The van der Waals surface area contributed by atoms with Gasteiger partial charge in [0.1, 0.15) is 6.10 Å². The van der Waals surface area contributed by atoms with Crippen molar-refractivity contribution in [1.29, 1.82) is 0 Å². The van der Waals surface area contributed by atoms with E-state index in [-0.39, 0.29) is 23.2 Å². The molecule has 1 heterocycles. The Morgan fingerprint density at radius 2 is 2.04 bits per heavy atom. The van der Waals surface area contributed by atoms with Gasteiger partial charge in [-0.25, -0.2) is 9.59 Å². The molecule has 2 aliphatic carbocycles. The molecule has 3 aliphatic rings. The molecule has 1 fully saturated rings. The van der Waals surface area contributed by atoms with Gasteiger partial charge in [0.25, 0.3) is 0 Å². The van der Waals surface area contributed by atoms with E-state index in [1.54, 1.807) is 19.9 Å². The molecule has 3 rings (SSSR count). The van der Waals surface area contributed by atoms with Crippen molar-refractivity contribution in [3.05, 3.63) is 34.9 Å². The van der Waals surface area contributed by atoms with E-state index in [0.29, 0.717) is 12.8 Å². The molecular formula is C19H22O5. The molecule has 5 nitrogen and oxygen atoms in total. The van der Waals surface area contributed by atoms with Crippen molar-refractivity contribution in [1.82, 2.24) is 0 Å². The third-order valence-electron chi connectivity index (χ3n) is 5.45. The van der Waals surface area contributed by atoms with Gasteiger partial charge in [-0.2, -0.15) is 0 Å². The minimum atomic E-state index is -1.34. The Balaban J connectivity index is 2.00. The molecule has 0 aromatic heterocycles. The largest absolute Gasteiger partial charge is 0.458 e. The van der Waals surface area contributed by atoms with Crippen molar-refractivity contribution in [2.24, 2.45) is 11.8 Å². The highest BCUT2D eigenvalue weighted by molar-refractivity contribution is 6.09. The van der Waals surface area contributed by atoms with Gasteiger partial charge in [0, 0.05) is 23.0 Å². The first-order valence-electron chi connectivity index (χ1n) is 8.19. The summed E-state index contributed by atoms with van der Waals surface area (Å²) in [6.45, 7) is 10.6. The number of carbonyl (C=O) groups excluding carboxylic acids is 3. The van der Waals surface area contributed by atoms with Gasteiger partial charge in [-0.15, -0.1) is 0 Å². The number of hydrogen-bond donors (Lipinski definition) is 0. The predicted octanol–water partition coefficient (Wildman–Crippen LogP) is 2.66. The van der Waals surface area contributed by atoms with E-state index in [2.05, 4.69) is 6.58 Å². The van der Waals surface area contributed by atoms with E-state index in [9.17, 15) is 14.4 Å². The summed E-state index contributed by atoms with van der Waals surface area (Å²) >= 11 is 0. The molecular weight excluding hydrogens is 308 g/mol. The summed E-state index contributed by atoms with van der Waals surface area (Å²) in [5.74, 6) is -1.67. The second kappa shape index (κ2) is 5.43. The lowest BCUT2D eigenvalue weighted by Gasteiger charge is -2.30. The quantitative estimate of drug-likeness (QED) is 0.575. The summed E-state index contributed by atoms with van der Waals surface area (Å²) in [5, 5.41) is 0. The Morgan fingerprint density at radius 1 is 1.38 bits per heavy atom. The summed E-state index contributed by atoms with van der Waals surface area (Å²) in [5.41, 5.74) is 1.56. The Labute approximate surface area is 141 Å². The SMILES string of the molecule is C=C(C)C(=O)O[C@]1(C)C(=O)O[C@H]2[C@@H]3C(C)=CC(=O)C3=C(C)CC[C@H]21. The number of ketones is 1. The summed E-state index contributed by atoms with van der Waals surface area (Å²) in [6, 6.07) is 0. The second-order valence-electron chi connectivity index (χ2n) is 7.22. The summed E-state index contributed by atoms with van der Waals surface area (Å²) < 4.78 is 11.2. The molecule has 0 aromatic rings. The number of hydrogen-bond acceptors (Lipinski definition) is 5. The third kappa shape index (κ3) is 2.26. The highest BCUT2D eigenvalue weighted by Gasteiger charge is 2.61. The normalized spacial score (nSPS) is 35.0. The highest BCUT2D eigenvalue weighted by atomic mass is 16.6. The molecule has 0 saturated carbocycles. The molecule has 4 atom stereocenters. The van der Waals surface area contributed by atoms with E-state index >= 15 is 0 Å². The predicted molar refractivity (Wildman–Crippen MR) is 86.9 cm³/mol. The smallest absolute Gasteiger partial charge is 0.351 e. The van der Waals surface area contributed by atoms with E-state index in [4.69, 9.17) is 9.47 Å². The minimum absolute atomic E-state index is 0.000710. The molecule has 0 amide bonds. The topological polar surface area (TPSA) is 69.7 Å². The summed E-state index contributed by atoms with van der Waals surface area (Å²) in [4.78, 5) is 36.9. The Kier molecular flexibility index (Phi) is 3.78. The monoisotopic (exact) mass is 330 g/mol. The molecule has 5 heteroatoms. The van der Waals surface area contributed by atoms with E-state index < -0.39 is 23.6 Å². The molecule has 0 aromatic carbocycles. The van der Waals surface area contributed by atoms with Gasteiger partial charge in [0.05, 0.1) is 0 Å². The average molecular weight is 330 g/mol. The molecule has 0 spiro atoms. The maximum atomic E-state index is 12.5. The number of allylic oxidation sites excluding steroid dienone is 2. The van der Waals surface area contributed by atoms with Crippen molar-refractivity contribution in [2.75, 3.05) is 0 Å². The van der Waals surface area contributed by atoms with Crippen LogP contribution in [0.5, 0.6) is 0 Å².